The molecule has 1 N–H and O–H groups in total. The van der Waals surface area contributed by atoms with E-state index >= 15 is 0 Å². The minimum Gasteiger partial charge on any atom is -0.481 e. The molecule has 0 amide bonds. The summed E-state index contributed by atoms with van der Waals surface area (Å²) in [6.45, 7) is 0. The van der Waals surface area contributed by atoms with Crippen molar-refractivity contribution in [3.05, 3.63) is 35.9 Å². The van der Waals surface area contributed by atoms with E-state index in [0.29, 0.717) is 11.6 Å². The fourth-order valence-electron chi connectivity index (χ4n) is 1.18. The number of carboxylic acids is 1. The zero-order valence-corrected chi connectivity index (χ0v) is 11.2. The fraction of sp³-hybridized carbons (Fsp3) is 0.182. The number of thioether (sulfide) groups is 2. The van der Waals surface area contributed by atoms with E-state index in [1.807, 2.05) is 0 Å². The SMILES string of the molecule is O=C(O)CSc1nc(CSc2cccc(F)c2)no1. The van der Waals surface area contributed by atoms with Crippen LogP contribution in [0.2, 0.25) is 0 Å². The van der Waals surface area contributed by atoms with E-state index in [4.69, 9.17) is 9.63 Å². The third kappa shape index (κ3) is 4.56. The minimum atomic E-state index is -0.945. The predicted octanol–water partition coefficient (Wildman–Crippen LogP) is 2.68. The molecule has 0 saturated heterocycles. The summed E-state index contributed by atoms with van der Waals surface area (Å²) in [4.78, 5) is 15.2. The molecular formula is C11H9FN2O3S2. The van der Waals surface area contributed by atoms with Gasteiger partial charge in [0.1, 0.15) is 11.6 Å². The zero-order valence-electron chi connectivity index (χ0n) is 9.58. The highest BCUT2D eigenvalue weighted by molar-refractivity contribution is 7.99. The fourth-order valence-corrected chi connectivity index (χ4v) is 2.47. The maximum Gasteiger partial charge on any atom is 0.314 e. The Morgan fingerprint density at radius 3 is 3.00 bits per heavy atom. The van der Waals surface area contributed by atoms with Crippen molar-refractivity contribution < 1.29 is 18.8 Å². The molecule has 0 saturated carbocycles. The van der Waals surface area contributed by atoms with Gasteiger partial charge in [-0.2, -0.15) is 4.98 Å². The molecule has 0 spiro atoms. The van der Waals surface area contributed by atoms with Crippen LogP contribution in [0.1, 0.15) is 5.82 Å². The van der Waals surface area contributed by atoms with Crippen LogP contribution in [-0.4, -0.2) is 27.0 Å². The summed E-state index contributed by atoms with van der Waals surface area (Å²) >= 11 is 2.34. The molecule has 2 rings (SSSR count). The van der Waals surface area contributed by atoms with E-state index in [1.165, 1.54) is 23.9 Å². The van der Waals surface area contributed by atoms with Gasteiger partial charge in [-0.15, -0.1) is 11.8 Å². The van der Waals surface area contributed by atoms with E-state index in [0.717, 1.165) is 16.7 Å². The van der Waals surface area contributed by atoms with Crippen molar-refractivity contribution in [3.8, 4) is 0 Å². The number of aromatic nitrogens is 2. The van der Waals surface area contributed by atoms with E-state index in [9.17, 15) is 9.18 Å². The summed E-state index contributed by atoms with van der Waals surface area (Å²) in [6.07, 6.45) is 0. The molecule has 19 heavy (non-hydrogen) atoms. The number of carbonyl (C=O) groups is 1. The van der Waals surface area contributed by atoms with Gasteiger partial charge in [-0.05, 0) is 18.2 Å². The maximum absolute atomic E-state index is 13.0. The zero-order chi connectivity index (χ0) is 13.7. The molecule has 2 aromatic rings. The summed E-state index contributed by atoms with van der Waals surface area (Å²) < 4.78 is 17.8. The van der Waals surface area contributed by atoms with Crippen LogP contribution in [0.5, 0.6) is 0 Å². The first-order chi connectivity index (χ1) is 9.13. The molecule has 0 aliphatic heterocycles. The Morgan fingerprint density at radius 1 is 1.42 bits per heavy atom. The third-order valence-electron chi connectivity index (χ3n) is 1.93. The van der Waals surface area contributed by atoms with Crippen molar-refractivity contribution in [3.63, 3.8) is 0 Å². The van der Waals surface area contributed by atoms with Gasteiger partial charge in [-0.3, -0.25) is 4.79 Å². The van der Waals surface area contributed by atoms with Gasteiger partial charge in [-0.25, -0.2) is 4.39 Å². The normalized spacial score (nSPS) is 10.6. The standard InChI is InChI=1S/C11H9FN2O3S2/c12-7-2-1-3-8(4-7)18-5-9-13-11(17-14-9)19-6-10(15)16/h1-4H,5-6H2,(H,15,16). The summed E-state index contributed by atoms with van der Waals surface area (Å²) in [5, 5.41) is 12.4. The number of hydrogen-bond acceptors (Lipinski definition) is 6. The Balaban J connectivity index is 1.88. The van der Waals surface area contributed by atoms with Gasteiger partial charge in [-0.1, -0.05) is 23.0 Å². The highest BCUT2D eigenvalue weighted by atomic mass is 32.2. The molecule has 1 aromatic heterocycles. The van der Waals surface area contributed by atoms with Crippen LogP contribution in [0.3, 0.4) is 0 Å². The van der Waals surface area contributed by atoms with Crippen molar-refractivity contribution in [2.45, 2.75) is 15.9 Å². The quantitative estimate of drug-likeness (QED) is 0.822. The number of benzene rings is 1. The highest BCUT2D eigenvalue weighted by Crippen LogP contribution is 2.23. The number of nitrogens with zero attached hydrogens (tertiary/aromatic N) is 2. The lowest BCUT2D eigenvalue weighted by atomic mass is 10.4. The van der Waals surface area contributed by atoms with E-state index in [2.05, 4.69) is 10.1 Å². The van der Waals surface area contributed by atoms with Crippen LogP contribution in [0.15, 0.2) is 38.9 Å². The summed E-state index contributed by atoms with van der Waals surface area (Å²) in [5.41, 5.74) is 0. The van der Waals surface area contributed by atoms with Gasteiger partial charge in [0, 0.05) is 4.90 Å². The third-order valence-corrected chi connectivity index (χ3v) is 3.73. The molecule has 1 heterocycles. The maximum atomic E-state index is 13.0. The summed E-state index contributed by atoms with van der Waals surface area (Å²) in [7, 11) is 0. The average Bonchev–Trinajstić information content (AvgIpc) is 2.82. The number of aliphatic carboxylic acids is 1. The second-order valence-electron chi connectivity index (χ2n) is 3.40. The van der Waals surface area contributed by atoms with Crippen LogP contribution < -0.4 is 0 Å². The molecule has 100 valence electrons. The van der Waals surface area contributed by atoms with Gasteiger partial charge in [0.25, 0.3) is 5.22 Å². The summed E-state index contributed by atoms with van der Waals surface area (Å²) in [5.74, 6) is -0.490. The van der Waals surface area contributed by atoms with Crippen LogP contribution in [-0.2, 0) is 10.5 Å². The van der Waals surface area contributed by atoms with E-state index in [1.54, 1.807) is 12.1 Å². The first-order valence-electron chi connectivity index (χ1n) is 5.19. The number of carboxylic acid groups (broad SMARTS) is 1. The first-order valence-corrected chi connectivity index (χ1v) is 7.16. The molecule has 0 aliphatic rings. The van der Waals surface area contributed by atoms with Gasteiger partial charge < -0.3 is 9.63 Å². The van der Waals surface area contributed by atoms with Gasteiger partial charge in [0.05, 0.1) is 5.75 Å². The molecule has 0 fully saturated rings. The Kier molecular flexibility index (Phi) is 4.80. The number of halogens is 1. The lowest BCUT2D eigenvalue weighted by Crippen LogP contribution is -1.97. The molecule has 0 bridgehead atoms. The monoisotopic (exact) mass is 300 g/mol. The molecular weight excluding hydrogens is 291 g/mol. The predicted molar refractivity (Wildman–Crippen MR) is 68.6 cm³/mol. The van der Waals surface area contributed by atoms with Crippen LogP contribution in [0.4, 0.5) is 4.39 Å². The Morgan fingerprint density at radius 2 is 2.26 bits per heavy atom. The van der Waals surface area contributed by atoms with E-state index in [-0.39, 0.29) is 16.8 Å². The second kappa shape index (κ2) is 6.58. The van der Waals surface area contributed by atoms with Crippen LogP contribution in [0, 0.1) is 5.82 Å². The number of hydrogen-bond donors (Lipinski definition) is 1. The largest absolute Gasteiger partial charge is 0.481 e. The molecule has 0 atom stereocenters. The van der Waals surface area contributed by atoms with Crippen molar-refractivity contribution in [2.75, 3.05) is 5.75 Å². The van der Waals surface area contributed by atoms with E-state index < -0.39 is 5.97 Å². The molecule has 0 unspecified atom stereocenters. The Bertz CT molecular complexity index is 577. The molecule has 5 nitrogen and oxygen atoms in total. The lowest BCUT2D eigenvalue weighted by Gasteiger charge is -1.97. The topological polar surface area (TPSA) is 76.2 Å². The summed E-state index contributed by atoms with van der Waals surface area (Å²) in [6, 6.07) is 6.21. The second-order valence-corrected chi connectivity index (χ2v) is 5.38. The molecule has 1 aromatic carbocycles. The van der Waals surface area contributed by atoms with Crippen molar-refractivity contribution >= 4 is 29.5 Å². The minimum absolute atomic E-state index is 0.126. The average molecular weight is 300 g/mol. The van der Waals surface area contributed by atoms with Crippen molar-refractivity contribution in [1.29, 1.82) is 0 Å². The molecule has 8 heteroatoms. The molecule has 0 aliphatic carbocycles. The van der Waals surface area contributed by atoms with Crippen LogP contribution in [0.25, 0.3) is 0 Å². The van der Waals surface area contributed by atoms with Gasteiger partial charge in [0.15, 0.2) is 5.82 Å². The van der Waals surface area contributed by atoms with Gasteiger partial charge in [0.2, 0.25) is 0 Å². The van der Waals surface area contributed by atoms with Crippen LogP contribution >= 0.6 is 23.5 Å². The van der Waals surface area contributed by atoms with Crippen molar-refractivity contribution in [1.82, 2.24) is 10.1 Å². The Hall–Kier alpha value is -1.54. The smallest absolute Gasteiger partial charge is 0.314 e. The van der Waals surface area contributed by atoms with Crippen molar-refractivity contribution in [2.24, 2.45) is 0 Å². The lowest BCUT2D eigenvalue weighted by molar-refractivity contribution is -0.133. The highest BCUT2D eigenvalue weighted by Gasteiger charge is 2.09. The van der Waals surface area contributed by atoms with Gasteiger partial charge >= 0.3 is 5.97 Å². The molecule has 0 radical (unpaired) electrons. The first kappa shape index (κ1) is 13.9. The number of rotatable bonds is 6. The Labute approximate surface area is 116 Å².